The van der Waals surface area contributed by atoms with E-state index in [1.54, 1.807) is 72.8 Å². The third-order valence-electron chi connectivity index (χ3n) is 4.33. The quantitative estimate of drug-likeness (QED) is 0.378. The van der Waals surface area contributed by atoms with Crippen LogP contribution in [0.15, 0.2) is 104 Å². The summed E-state index contributed by atoms with van der Waals surface area (Å²) in [7, 11) is -4.05. The van der Waals surface area contributed by atoms with Crippen molar-refractivity contribution < 1.29 is 17.7 Å². The number of rotatable bonds is 5. The van der Waals surface area contributed by atoms with E-state index in [0.717, 1.165) is 4.47 Å². The Bertz CT molecular complexity index is 1270. The van der Waals surface area contributed by atoms with Gasteiger partial charge in [-0.15, -0.1) is 0 Å². The molecule has 0 amide bonds. The lowest BCUT2D eigenvalue weighted by molar-refractivity contribution is 0.102. The third kappa shape index (κ3) is 3.66. The largest absolute Gasteiger partial charge is 0.354 e. The highest BCUT2D eigenvalue weighted by Gasteiger charge is 2.34. The van der Waals surface area contributed by atoms with Crippen molar-refractivity contribution in [3.63, 3.8) is 0 Å². The van der Waals surface area contributed by atoms with Crippen molar-refractivity contribution in [2.45, 2.75) is 9.79 Å². The Morgan fingerprint density at radius 1 is 0.828 bits per heavy atom. The summed E-state index contributed by atoms with van der Waals surface area (Å²) in [6.07, 6.45) is 0. The van der Waals surface area contributed by atoms with Gasteiger partial charge in [0.05, 0.1) is 4.90 Å². The van der Waals surface area contributed by atoms with Gasteiger partial charge in [0, 0.05) is 15.6 Å². The van der Waals surface area contributed by atoms with E-state index in [2.05, 4.69) is 21.1 Å². The van der Waals surface area contributed by atoms with Gasteiger partial charge in [-0.05, 0) is 36.4 Å². The predicted octanol–water partition coefficient (Wildman–Crippen LogP) is 5.17. The Balaban J connectivity index is 1.95. The molecule has 1 aromatic heterocycles. The number of halogens is 1. The summed E-state index contributed by atoms with van der Waals surface area (Å²) in [6, 6.07) is 23.3. The summed E-state index contributed by atoms with van der Waals surface area (Å²) in [5.74, 6) is -0.493. The van der Waals surface area contributed by atoms with Crippen LogP contribution < -0.4 is 0 Å². The van der Waals surface area contributed by atoms with Gasteiger partial charge in [-0.1, -0.05) is 69.6 Å². The molecule has 0 N–H and O–H groups in total. The van der Waals surface area contributed by atoms with Crippen LogP contribution in [0.1, 0.15) is 16.1 Å². The fourth-order valence-corrected chi connectivity index (χ4v) is 4.70. The van der Waals surface area contributed by atoms with Crippen LogP contribution in [0.3, 0.4) is 0 Å². The lowest BCUT2D eigenvalue weighted by atomic mass is 10.1. The van der Waals surface area contributed by atoms with Crippen LogP contribution in [0.2, 0.25) is 0 Å². The molecule has 29 heavy (non-hydrogen) atoms. The Morgan fingerprint density at radius 2 is 1.41 bits per heavy atom. The Labute approximate surface area is 176 Å². The maximum absolute atomic E-state index is 13.4. The zero-order valence-electron chi connectivity index (χ0n) is 14.9. The van der Waals surface area contributed by atoms with Crippen LogP contribution >= 0.6 is 15.9 Å². The molecule has 0 radical (unpaired) electrons. The standard InChI is InChI=1S/C22H14BrNO4S/c23-17-13-11-15(12-14-17)20(25)19-22(29(26,27)18-9-5-2-6-10-18)21(28-24-19)16-7-3-1-4-8-16/h1-14H. The highest BCUT2D eigenvalue weighted by Crippen LogP contribution is 2.35. The number of hydrogen-bond donors (Lipinski definition) is 0. The maximum Gasteiger partial charge on any atom is 0.216 e. The molecule has 0 fully saturated rings. The lowest BCUT2D eigenvalue weighted by Crippen LogP contribution is -2.11. The molecule has 0 aliphatic carbocycles. The topological polar surface area (TPSA) is 77.2 Å². The van der Waals surface area contributed by atoms with Gasteiger partial charge in [0.2, 0.25) is 15.6 Å². The minimum absolute atomic E-state index is 0.0370. The van der Waals surface area contributed by atoms with Gasteiger partial charge in [0.1, 0.15) is 0 Å². The average molecular weight is 468 g/mol. The number of benzene rings is 3. The summed E-state index contributed by atoms with van der Waals surface area (Å²) < 4.78 is 33.1. The fraction of sp³-hybridized carbons (Fsp3) is 0. The number of aromatic nitrogens is 1. The first-order valence-corrected chi connectivity index (χ1v) is 10.9. The predicted molar refractivity (Wildman–Crippen MR) is 111 cm³/mol. The smallest absolute Gasteiger partial charge is 0.216 e. The Hall–Kier alpha value is -3.03. The van der Waals surface area contributed by atoms with Crippen LogP contribution in [0, 0.1) is 0 Å². The van der Waals surface area contributed by atoms with Gasteiger partial charge in [-0.25, -0.2) is 8.42 Å². The molecule has 144 valence electrons. The van der Waals surface area contributed by atoms with E-state index >= 15 is 0 Å². The molecule has 4 rings (SSSR count). The van der Waals surface area contributed by atoms with Gasteiger partial charge in [0.15, 0.2) is 16.3 Å². The second-order valence-corrected chi connectivity index (χ2v) is 9.01. The Morgan fingerprint density at radius 3 is 2.03 bits per heavy atom. The molecule has 0 bridgehead atoms. The first kappa shape index (κ1) is 19.3. The van der Waals surface area contributed by atoms with Crippen molar-refractivity contribution >= 4 is 31.6 Å². The van der Waals surface area contributed by atoms with Crippen LogP contribution in [-0.4, -0.2) is 19.4 Å². The third-order valence-corrected chi connectivity index (χ3v) is 6.67. The first-order chi connectivity index (χ1) is 14.0. The number of sulfone groups is 1. The summed E-state index contributed by atoms with van der Waals surface area (Å²) in [5, 5.41) is 3.87. The summed E-state index contributed by atoms with van der Waals surface area (Å²) >= 11 is 3.32. The first-order valence-electron chi connectivity index (χ1n) is 8.64. The molecule has 0 saturated carbocycles. The van der Waals surface area contributed by atoms with E-state index in [1.165, 1.54) is 12.1 Å². The molecule has 7 heteroatoms. The summed E-state index contributed by atoms with van der Waals surface area (Å²) in [5.41, 5.74) is 0.588. The SMILES string of the molecule is O=C(c1ccc(Br)cc1)c1noc(-c2ccccc2)c1S(=O)(=O)c1ccccc1. The number of carbonyl (C=O) groups is 1. The van der Waals surface area contributed by atoms with E-state index in [0.29, 0.717) is 11.1 Å². The van der Waals surface area contributed by atoms with Crippen LogP contribution in [-0.2, 0) is 9.84 Å². The second kappa shape index (κ2) is 7.77. The number of carbonyl (C=O) groups excluding carboxylic acids is 1. The second-order valence-electron chi connectivity index (χ2n) is 6.21. The normalized spacial score (nSPS) is 11.3. The van der Waals surface area contributed by atoms with E-state index < -0.39 is 15.6 Å². The van der Waals surface area contributed by atoms with E-state index in [9.17, 15) is 13.2 Å². The molecule has 0 aliphatic heterocycles. The van der Waals surface area contributed by atoms with Gasteiger partial charge in [0.25, 0.3) is 0 Å². The summed E-state index contributed by atoms with van der Waals surface area (Å²) in [6.45, 7) is 0. The summed E-state index contributed by atoms with van der Waals surface area (Å²) in [4.78, 5) is 12.9. The van der Waals surface area contributed by atoms with Gasteiger partial charge in [-0.3, -0.25) is 4.79 Å². The lowest BCUT2D eigenvalue weighted by Gasteiger charge is -2.07. The molecule has 5 nitrogen and oxygen atoms in total. The van der Waals surface area contributed by atoms with Crippen molar-refractivity contribution in [2.24, 2.45) is 0 Å². The fourth-order valence-electron chi connectivity index (χ4n) is 2.90. The number of ketones is 1. The van der Waals surface area contributed by atoms with E-state index in [-0.39, 0.29) is 21.2 Å². The molecule has 3 aromatic carbocycles. The molecule has 0 unspecified atom stereocenters. The molecule has 0 saturated heterocycles. The molecule has 1 heterocycles. The molecule has 4 aromatic rings. The van der Waals surface area contributed by atoms with Crippen molar-refractivity contribution in [3.05, 3.63) is 101 Å². The monoisotopic (exact) mass is 467 g/mol. The van der Waals surface area contributed by atoms with Crippen LogP contribution in [0.25, 0.3) is 11.3 Å². The van der Waals surface area contributed by atoms with E-state index in [4.69, 9.17) is 4.52 Å². The highest BCUT2D eigenvalue weighted by atomic mass is 79.9. The van der Waals surface area contributed by atoms with Crippen LogP contribution in [0.4, 0.5) is 0 Å². The van der Waals surface area contributed by atoms with Crippen molar-refractivity contribution in [2.75, 3.05) is 0 Å². The van der Waals surface area contributed by atoms with Crippen molar-refractivity contribution in [3.8, 4) is 11.3 Å². The molecular formula is C22H14BrNO4S. The zero-order chi connectivity index (χ0) is 20.4. The van der Waals surface area contributed by atoms with Gasteiger partial charge >= 0.3 is 0 Å². The van der Waals surface area contributed by atoms with E-state index in [1.807, 2.05) is 0 Å². The molecule has 0 atom stereocenters. The van der Waals surface area contributed by atoms with Gasteiger partial charge < -0.3 is 4.52 Å². The number of hydrogen-bond acceptors (Lipinski definition) is 5. The van der Waals surface area contributed by atoms with Crippen LogP contribution in [0.5, 0.6) is 0 Å². The Kier molecular flexibility index (Phi) is 5.17. The van der Waals surface area contributed by atoms with Crippen molar-refractivity contribution in [1.29, 1.82) is 0 Å². The number of nitrogens with zero attached hydrogens (tertiary/aromatic N) is 1. The average Bonchev–Trinajstić information content (AvgIpc) is 3.21. The highest BCUT2D eigenvalue weighted by molar-refractivity contribution is 9.10. The zero-order valence-corrected chi connectivity index (χ0v) is 17.4. The molecule has 0 spiro atoms. The molecule has 0 aliphatic rings. The van der Waals surface area contributed by atoms with Gasteiger partial charge in [-0.2, -0.15) is 0 Å². The minimum Gasteiger partial charge on any atom is -0.354 e. The minimum atomic E-state index is -4.05. The van der Waals surface area contributed by atoms with Crippen molar-refractivity contribution in [1.82, 2.24) is 5.16 Å². The molecular weight excluding hydrogens is 454 g/mol. The maximum atomic E-state index is 13.4.